The molecule has 0 aliphatic heterocycles. The van der Waals surface area contributed by atoms with E-state index in [-0.39, 0.29) is 18.2 Å². The van der Waals surface area contributed by atoms with Gasteiger partial charge < -0.3 is 16.3 Å². The predicted molar refractivity (Wildman–Crippen MR) is 65.8 cm³/mol. The van der Waals surface area contributed by atoms with E-state index >= 15 is 0 Å². The third-order valence-corrected chi connectivity index (χ3v) is 2.91. The zero-order valence-corrected chi connectivity index (χ0v) is 10.4. The molecule has 0 atom stereocenters. The van der Waals surface area contributed by atoms with E-state index in [1.54, 1.807) is 18.2 Å². The van der Waals surface area contributed by atoms with Gasteiger partial charge in [-0.25, -0.2) is 0 Å². The first-order chi connectivity index (χ1) is 7.52. The predicted octanol–water partition coefficient (Wildman–Crippen LogP) is 2.18. The lowest BCUT2D eigenvalue weighted by Crippen LogP contribution is -2.21. The standard InChI is InChI=1S/C9H9BrClN3O2/c10-6-2-1-5(3-7(6)11)13-9(15)4-8(12)14-16/h1-3,16H,4H2,(H2,12,14)(H,13,15). The van der Waals surface area contributed by atoms with Gasteiger partial charge in [0.05, 0.1) is 11.4 Å². The second kappa shape index (κ2) is 5.72. The molecule has 0 aliphatic rings. The van der Waals surface area contributed by atoms with E-state index in [1.165, 1.54) is 0 Å². The summed E-state index contributed by atoms with van der Waals surface area (Å²) in [5.74, 6) is -0.533. The molecule has 0 saturated carbocycles. The first-order valence-corrected chi connectivity index (χ1v) is 5.41. The lowest BCUT2D eigenvalue weighted by molar-refractivity contribution is -0.115. The first-order valence-electron chi connectivity index (χ1n) is 4.24. The van der Waals surface area contributed by atoms with Crippen molar-refractivity contribution in [1.82, 2.24) is 0 Å². The van der Waals surface area contributed by atoms with Crippen LogP contribution in [0.1, 0.15) is 6.42 Å². The van der Waals surface area contributed by atoms with E-state index in [2.05, 4.69) is 26.4 Å². The minimum absolute atomic E-state index is 0.152. The average molecular weight is 307 g/mol. The summed E-state index contributed by atoms with van der Waals surface area (Å²) in [6.07, 6.45) is -0.176. The number of oxime groups is 1. The van der Waals surface area contributed by atoms with Crippen molar-refractivity contribution in [3.8, 4) is 0 Å². The number of benzene rings is 1. The Balaban J connectivity index is 2.66. The molecule has 1 amide bonds. The van der Waals surface area contributed by atoms with Crippen molar-refractivity contribution < 1.29 is 10.0 Å². The fourth-order valence-corrected chi connectivity index (χ4v) is 1.41. The molecular formula is C9H9BrClN3O2. The Bertz CT molecular complexity index is 437. The monoisotopic (exact) mass is 305 g/mol. The molecule has 0 saturated heterocycles. The number of carbonyl (C=O) groups is 1. The van der Waals surface area contributed by atoms with E-state index in [1.807, 2.05) is 0 Å². The molecule has 0 bridgehead atoms. The number of rotatable bonds is 3. The highest BCUT2D eigenvalue weighted by Crippen LogP contribution is 2.25. The first kappa shape index (κ1) is 12.8. The highest BCUT2D eigenvalue weighted by molar-refractivity contribution is 9.10. The number of carbonyl (C=O) groups excluding carboxylic acids is 1. The van der Waals surface area contributed by atoms with Crippen LogP contribution in [0.2, 0.25) is 5.02 Å². The molecule has 0 aliphatic carbocycles. The van der Waals surface area contributed by atoms with Gasteiger partial charge in [0.1, 0.15) is 5.84 Å². The topological polar surface area (TPSA) is 87.7 Å². The van der Waals surface area contributed by atoms with Gasteiger partial charge in [-0.15, -0.1) is 0 Å². The van der Waals surface area contributed by atoms with Gasteiger partial charge in [-0.2, -0.15) is 0 Å². The van der Waals surface area contributed by atoms with Gasteiger partial charge in [-0.3, -0.25) is 4.79 Å². The van der Waals surface area contributed by atoms with Crippen molar-refractivity contribution in [3.05, 3.63) is 27.7 Å². The average Bonchev–Trinajstić information content (AvgIpc) is 2.23. The Kier molecular flexibility index (Phi) is 4.57. The normalized spacial score (nSPS) is 11.2. The molecule has 4 N–H and O–H groups in total. The largest absolute Gasteiger partial charge is 0.409 e. The van der Waals surface area contributed by atoms with Crippen LogP contribution < -0.4 is 11.1 Å². The quantitative estimate of drug-likeness (QED) is 0.346. The maximum atomic E-state index is 11.3. The van der Waals surface area contributed by atoms with Gasteiger partial charge >= 0.3 is 0 Å². The van der Waals surface area contributed by atoms with Crippen molar-refractivity contribution in [3.63, 3.8) is 0 Å². The summed E-state index contributed by atoms with van der Waals surface area (Å²) in [5.41, 5.74) is 5.73. The Labute approximate surface area is 105 Å². The number of amidine groups is 1. The lowest BCUT2D eigenvalue weighted by Gasteiger charge is -2.05. The number of nitrogens with zero attached hydrogens (tertiary/aromatic N) is 1. The number of nitrogens with one attached hydrogen (secondary N) is 1. The molecule has 0 radical (unpaired) electrons. The summed E-state index contributed by atoms with van der Waals surface area (Å²) < 4.78 is 0.739. The van der Waals surface area contributed by atoms with Gasteiger partial charge in [0.15, 0.2) is 0 Å². The number of halogens is 2. The van der Waals surface area contributed by atoms with Gasteiger partial charge in [-0.05, 0) is 34.1 Å². The van der Waals surface area contributed by atoms with Crippen LogP contribution in [0, 0.1) is 0 Å². The van der Waals surface area contributed by atoms with E-state index in [9.17, 15) is 4.79 Å². The van der Waals surface area contributed by atoms with E-state index in [0.717, 1.165) is 4.47 Å². The maximum Gasteiger partial charge on any atom is 0.232 e. The third-order valence-electron chi connectivity index (χ3n) is 1.67. The van der Waals surface area contributed by atoms with Crippen LogP contribution in [-0.4, -0.2) is 17.0 Å². The lowest BCUT2D eigenvalue weighted by atomic mass is 10.3. The summed E-state index contributed by atoms with van der Waals surface area (Å²) in [7, 11) is 0. The summed E-state index contributed by atoms with van der Waals surface area (Å²) >= 11 is 9.07. The Hall–Kier alpha value is -1.27. The number of hydrogen-bond donors (Lipinski definition) is 3. The van der Waals surface area contributed by atoms with Crippen LogP contribution in [0.25, 0.3) is 0 Å². The molecule has 0 fully saturated rings. The number of nitrogens with two attached hydrogens (primary N) is 1. The molecular weight excluding hydrogens is 297 g/mol. The van der Waals surface area contributed by atoms with Crippen molar-refractivity contribution in [2.45, 2.75) is 6.42 Å². The minimum Gasteiger partial charge on any atom is -0.409 e. The molecule has 0 spiro atoms. The van der Waals surface area contributed by atoms with Crippen LogP contribution in [-0.2, 0) is 4.79 Å². The van der Waals surface area contributed by atoms with Crippen molar-refractivity contribution >= 4 is 45.0 Å². The molecule has 7 heteroatoms. The van der Waals surface area contributed by atoms with Crippen LogP contribution in [0.3, 0.4) is 0 Å². The second-order valence-electron chi connectivity index (χ2n) is 2.95. The Morgan fingerprint density at radius 3 is 2.88 bits per heavy atom. The SMILES string of the molecule is N/C(CC(=O)Nc1ccc(Br)c(Cl)c1)=N/O. The number of hydrogen-bond acceptors (Lipinski definition) is 3. The van der Waals surface area contributed by atoms with Crippen LogP contribution >= 0.6 is 27.5 Å². The molecule has 0 heterocycles. The minimum atomic E-state index is -0.381. The zero-order chi connectivity index (χ0) is 12.1. The smallest absolute Gasteiger partial charge is 0.232 e. The fourth-order valence-electron chi connectivity index (χ4n) is 0.979. The fraction of sp³-hybridized carbons (Fsp3) is 0.111. The summed E-state index contributed by atoms with van der Waals surface area (Å²) in [5, 5.41) is 14.0. The molecule has 16 heavy (non-hydrogen) atoms. The number of amides is 1. The molecule has 0 aromatic heterocycles. The summed E-state index contributed by atoms with van der Waals surface area (Å²) in [6.45, 7) is 0. The molecule has 86 valence electrons. The highest BCUT2D eigenvalue weighted by atomic mass is 79.9. The maximum absolute atomic E-state index is 11.3. The summed E-state index contributed by atoms with van der Waals surface area (Å²) in [6, 6.07) is 4.98. The van der Waals surface area contributed by atoms with Crippen molar-refractivity contribution in [1.29, 1.82) is 0 Å². The Morgan fingerprint density at radius 1 is 1.62 bits per heavy atom. The highest BCUT2D eigenvalue weighted by Gasteiger charge is 2.06. The molecule has 1 aromatic carbocycles. The molecule has 0 unspecified atom stereocenters. The van der Waals surface area contributed by atoms with Crippen molar-refractivity contribution in [2.75, 3.05) is 5.32 Å². The molecule has 1 rings (SSSR count). The third kappa shape index (κ3) is 3.71. The summed E-state index contributed by atoms with van der Waals surface area (Å²) in [4.78, 5) is 11.3. The zero-order valence-electron chi connectivity index (χ0n) is 8.08. The van der Waals surface area contributed by atoms with Crippen LogP contribution in [0.15, 0.2) is 27.8 Å². The van der Waals surface area contributed by atoms with E-state index in [0.29, 0.717) is 10.7 Å². The van der Waals surface area contributed by atoms with Gasteiger partial charge in [0.25, 0.3) is 0 Å². The van der Waals surface area contributed by atoms with Crippen LogP contribution in [0.4, 0.5) is 5.69 Å². The van der Waals surface area contributed by atoms with Crippen molar-refractivity contribution in [2.24, 2.45) is 10.9 Å². The second-order valence-corrected chi connectivity index (χ2v) is 4.21. The molecule has 1 aromatic rings. The van der Waals surface area contributed by atoms with Gasteiger partial charge in [0.2, 0.25) is 5.91 Å². The Morgan fingerprint density at radius 2 is 2.31 bits per heavy atom. The van der Waals surface area contributed by atoms with E-state index in [4.69, 9.17) is 22.5 Å². The van der Waals surface area contributed by atoms with Crippen LogP contribution in [0.5, 0.6) is 0 Å². The van der Waals surface area contributed by atoms with Gasteiger partial charge in [-0.1, -0.05) is 16.8 Å². The van der Waals surface area contributed by atoms with Gasteiger partial charge in [0, 0.05) is 10.2 Å². The molecule has 5 nitrogen and oxygen atoms in total. The number of anilines is 1. The van der Waals surface area contributed by atoms with E-state index < -0.39 is 0 Å².